The Bertz CT molecular complexity index is 476. The van der Waals surface area contributed by atoms with E-state index in [1.807, 2.05) is 6.07 Å². The van der Waals surface area contributed by atoms with Crippen molar-refractivity contribution in [2.24, 2.45) is 11.3 Å². The van der Waals surface area contributed by atoms with Crippen LogP contribution >= 0.6 is 15.9 Å². The Morgan fingerprint density at radius 3 is 2.70 bits per heavy atom. The Hall–Kier alpha value is -0.610. The molecule has 1 N–H and O–H groups in total. The lowest BCUT2D eigenvalue weighted by molar-refractivity contribution is -0.108. The topological polar surface area (TPSA) is 21.3 Å². The normalized spacial score (nSPS) is 24.6. The van der Waals surface area contributed by atoms with Gasteiger partial charge in [0, 0.05) is 23.8 Å². The van der Waals surface area contributed by atoms with E-state index in [0.717, 1.165) is 18.7 Å². The van der Waals surface area contributed by atoms with Gasteiger partial charge in [0.05, 0.1) is 10.6 Å². The zero-order valence-electron chi connectivity index (χ0n) is 12.5. The number of hydrogen-bond donors (Lipinski definition) is 1. The summed E-state index contributed by atoms with van der Waals surface area (Å²) in [7, 11) is 0. The highest BCUT2D eigenvalue weighted by Crippen LogP contribution is 2.44. The summed E-state index contributed by atoms with van der Waals surface area (Å²) in [6.07, 6.45) is 1.25. The number of rotatable bonds is 5. The van der Waals surface area contributed by atoms with Gasteiger partial charge in [-0.25, -0.2) is 4.39 Å². The number of ether oxygens (including phenoxy) is 1. The van der Waals surface area contributed by atoms with Crippen molar-refractivity contribution < 1.29 is 9.13 Å². The van der Waals surface area contributed by atoms with Crippen LogP contribution in [0.3, 0.4) is 0 Å². The van der Waals surface area contributed by atoms with Gasteiger partial charge in [-0.3, -0.25) is 0 Å². The van der Waals surface area contributed by atoms with Gasteiger partial charge in [-0.2, -0.15) is 0 Å². The monoisotopic (exact) mass is 343 g/mol. The van der Waals surface area contributed by atoms with Crippen LogP contribution in [-0.2, 0) is 4.74 Å². The Labute approximate surface area is 129 Å². The molecule has 1 fully saturated rings. The van der Waals surface area contributed by atoms with E-state index >= 15 is 0 Å². The van der Waals surface area contributed by atoms with Gasteiger partial charge in [-0.15, -0.1) is 0 Å². The van der Waals surface area contributed by atoms with Gasteiger partial charge in [0.2, 0.25) is 0 Å². The molecule has 2 rings (SSSR count). The molecule has 1 saturated carbocycles. The molecule has 0 heterocycles. The third-order valence-electron chi connectivity index (χ3n) is 4.07. The Balaban J connectivity index is 1.93. The summed E-state index contributed by atoms with van der Waals surface area (Å²) < 4.78 is 20.0. The number of benzene rings is 1. The summed E-state index contributed by atoms with van der Waals surface area (Å²) in [5.41, 5.74) is 0.893. The number of nitrogens with one attached hydrogen (secondary N) is 1. The third kappa shape index (κ3) is 3.34. The molecule has 20 heavy (non-hydrogen) atoms. The van der Waals surface area contributed by atoms with Crippen LogP contribution in [0, 0.1) is 17.2 Å². The molecule has 2 nitrogen and oxygen atoms in total. The van der Waals surface area contributed by atoms with Crippen molar-refractivity contribution in [1.29, 1.82) is 0 Å². The largest absolute Gasteiger partial charge is 0.381 e. The minimum absolute atomic E-state index is 0.0679. The summed E-state index contributed by atoms with van der Waals surface area (Å²) in [6, 6.07) is 5.48. The summed E-state index contributed by atoms with van der Waals surface area (Å²) in [5.74, 6) is 0.318. The van der Waals surface area contributed by atoms with E-state index in [4.69, 9.17) is 4.74 Å². The summed E-state index contributed by atoms with van der Waals surface area (Å²) in [4.78, 5) is 0. The summed E-state index contributed by atoms with van der Waals surface area (Å²) in [6.45, 7) is 9.52. The van der Waals surface area contributed by atoms with Gasteiger partial charge < -0.3 is 10.1 Å². The van der Waals surface area contributed by atoms with Crippen LogP contribution in [0.5, 0.6) is 0 Å². The second-order valence-corrected chi connectivity index (χ2v) is 7.45. The highest BCUT2D eigenvalue weighted by Gasteiger charge is 2.49. The number of hydrogen-bond acceptors (Lipinski definition) is 2. The van der Waals surface area contributed by atoms with Crippen LogP contribution in [0.1, 0.15) is 34.1 Å². The van der Waals surface area contributed by atoms with E-state index in [1.165, 1.54) is 6.07 Å². The van der Waals surface area contributed by atoms with Crippen molar-refractivity contribution in [2.45, 2.75) is 46.3 Å². The second kappa shape index (κ2) is 6.02. The van der Waals surface area contributed by atoms with Crippen molar-refractivity contribution >= 4 is 21.6 Å². The number of anilines is 1. The minimum Gasteiger partial charge on any atom is -0.381 e. The van der Waals surface area contributed by atoms with Crippen LogP contribution in [0.25, 0.3) is 0 Å². The molecule has 2 atom stereocenters. The maximum Gasteiger partial charge on any atom is 0.139 e. The van der Waals surface area contributed by atoms with Crippen molar-refractivity contribution in [3.05, 3.63) is 28.5 Å². The Morgan fingerprint density at radius 1 is 1.45 bits per heavy atom. The van der Waals surface area contributed by atoms with Crippen molar-refractivity contribution in [2.75, 3.05) is 11.9 Å². The molecule has 0 bridgehead atoms. The van der Waals surface area contributed by atoms with Gasteiger partial charge in [0.25, 0.3) is 0 Å². The van der Waals surface area contributed by atoms with Gasteiger partial charge >= 0.3 is 0 Å². The molecule has 0 spiro atoms. The highest BCUT2D eigenvalue weighted by molar-refractivity contribution is 9.10. The first kappa shape index (κ1) is 15.8. The lowest BCUT2D eigenvalue weighted by Crippen LogP contribution is -2.58. The molecule has 1 aliphatic rings. The molecule has 0 aliphatic heterocycles. The molecular weight excluding hydrogens is 321 g/mol. The number of halogens is 2. The Kier molecular flexibility index (Phi) is 4.75. The first-order valence-electron chi connectivity index (χ1n) is 7.14. The average Bonchev–Trinajstić information content (AvgIpc) is 2.36. The van der Waals surface area contributed by atoms with Crippen LogP contribution < -0.4 is 5.32 Å². The van der Waals surface area contributed by atoms with Gasteiger partial charge in [-0.1, -0.05) is 27.7 Å². The van der Waals surface area contributed by atoms with E-state index in [-0.39, 0.29) is 17.3 Å². The molecule has 1 aromatic carbocycles. The van der Waals surface area contributed by atoms with Crippen LogP contribution in [0.2, 0.25) is 0 Å². The quantitative estimate of drug-likeness (QED) is 0.825. The standard InChI is InChI=1S/C16H23BrFNO/c1-10(2)9-20-15-8-14(16(15,3)4)19-11-5-6-12(17)13(18)7-11/h5-7,10,14-15,19H,8-9H2,1-4H3. The highest BCUT2D eigenvalue weighted by atomic mass is 79.9. The van der Waals surface area contributed by atoms with Gasteiger partial charge in [-0.05, 0) is 46.5 Å². The van der Waals surface area contributed by atoms with E-state index < -0.39 is 0 Å². The third-order valence-corrected chi connectivity index (χ3v) is 4.71. The van der Waals surface area contributed by atoms with Crippen molar-refractivity contribution in [3.8, 4) is 0 Å². The van der Waals surface area contributed by atoms with Crippen LogP contribution in [0.4, 0.5) is 10.1 Å². The fourth-order valence-electron chi connectivity index (χ4n) is 2.51. The van der Waals surface area contributed by atoms with E-state index in [2.05, 4.69) is 48.9 Å². The van der Waals surface area contributed by atoms with Crippen molar-refractivity contribution in [1.82, 2.24) is 0 Å². The maximum absolute atomic E-state index is 13.5. The van der Waals surface area contributed by atoms with E-state index in [1.54, 1.807) is 6.07 Å². The van der Waals surface area contributed by atoms with Gasteiger partial charge in [0.1, 0.15) is 5.82 Å². The average molecular weight is 344 g/mol. The lowest BCUT2D eigenvalue weighted by atomic mass is 9.64. The van der Waals surface area contributed by atoms with E-state index in [0.29, 0.717) is 16.4 Å². The fraction of sp³-hybridized carbons (Fsp3) is 0.625. The first-order chi connectivity index (χ1) is 9.30. The smallest absolute Gasteiger partial charge is 0.139 e. The van der Waals surface area contributed by atoms with E-state index in [9.17, 15) is 4.39 Å². The lowest BCUT2D eigenvalue weighted by Gasteiger charge is -2.52. The van der Waals surface area contributed by atoms with Crippen LogP contribution in [0.15, 0.2) is 22.7 Å². The Morgan fingerprint density at radius 2 is 2.15 bits per heavy atom. The predicted molar refractivity (Wildman–Crippen MR) is 84.5 cm³/mol. The van der Waals surface area contributed by atoms with Crippen LogP contribution in [-0.4, -0.2) is 18.8 Å². The zero-order chi connectivity index (χ0) is 14.9. The zero-order valence-corrected chi connectivity index (χ0v) is 14.1. The maximum atomic E-state index is 13.5. The molecular formula is C16H23BrFNO. The molecule has 0 aromatic heterocycles. The predicted octanol–water partition coefficient (Wildman–Crippen LogP) is 4.84. The fourth-order valence-corrected chi connectivity index (χ4v) is 2.76. The second-order valence-electron chi connectivity index (χ2n) is 6.60. The molecule has 0 saturated heterocycles. The molecule has 0 radical (unpaired) electrons. The molecule has 1 aromatic rings. The first-order valence-corrected chi connectivity index (χ1v) is 7.93. The SMILES string of the molecule is CC(C)COC1CC(Nc2ccc(Br)c(F)c2)C1(C)C. The molecule has 0 amide bonds. The molecule has 4 heteroatoms. The minimum atomic E-state index is -0.236. The molecule has 2 unspecified atom stereocenters. The summed E-state index contributed by atoms with van der Waals surface area (Å²) >= 11 is 3.17. The van der Waals surface area contributed by atoms with Crippen molar-refractivity contribution in [3.63, 3.8) is 0 Å². The molecule has 1 aliphatic carbocycles. The molecule has 112 valence electrons. The summed E-state index contributed by atoms with van der Waals surface area (Å²) in [5, 5.41) is 3.41. The van der Waals surface area contributed by atoms with Gasteiger partial charge in [0.15, 0.2) is 0 Å².